The lowest BCUT2D eigenvalue weighted by molar-refractivity contribution is 0.414. The molecule has 0 fully saturated rings. The Morgan fingerprint density at radius 3 is 2.55 bits per heavy atom. The van der Waals surface area contributed by atoms with E-state index in [4.69, 9.17) is 10.6 Å². The molecule has 1 aromatic carbocycles. The lowest BCUT2D eigenvalue weighted by Gasteiger charge is -2.12. The number of rotatable bonds is 6. The lowest BCUT2D eigenvalue weighted by atomic mass is 10.1. The number of anilines is 2. The number of nitrogens with one attached hydrogen (secondary N) is 2. The molecule has 0 bridgehead atoms. The van der Waals surface area contributed by atoms with Gasteiger partial charge in [0.15, 0.2) is 11.6 Å². The van der Waals surface area contributed by atoms with Crippen molar-refractivity contribution in [3.8, 4) is 5.75 Å². The van der Waals surface area contributed by atoms with Crippen molar-refractivity contribution in [1.82, 2.24) is 9.97 Å². The van der Waals surface area contributed by atoms with E-state index in [1.165, 1.54) is 25.6 Å². The fraction of sp³-hybridized carbons (Fsp3) is 0.231. The van der Waals surface area contributed by atoms with E-state index < -0.39 is 0 Å². The molecule has 0 unspecified atom stereocenters. The van der Waals surface area contributed by atoms with Gasteiger partial charge in [0.05, 0.1) is 7.11 Å². The van der Waals surface area contributed by atoms with Crippen LogP contribution in [0.15, 0.2) is 30.6 Å². The smallest absolute Gasteiger partial charge is 0.205 e. The monoisotopic (exact) mass is 277 g/mol. The second-order valence-corrected chi connectivity index (χ2v) is 4.05. The Kier molecular flexibility index (Phi) is 4.67. The molecular formula is C13H16FN5O. The summed E-state index contributed by atoms with van der Waals surface area (Å²) in [7, 11) is 1.52. The second kappa shape index (κ2) is 6.67. The van der Waals surface area contributed by atoms with Crippen LogP contribution in [0.4, 0.5) is 16.0 Å². The number of hydrogen-bond acceptors (Lipinski definition) is 6. The average molecular weight is 277 g/mol. The first-order valence-electron chi connectivity index (χ1n) is 6.08. The maximum absolute atomic E-state index is 12.8. The van der Waals surface area contributed by atoms with E-state index in [1.54, 1.807) is 12.1 Å². The molecule has 20 heavy (non-hydrogen) atoms. The topological polar surface area (TPSA) is 85.1 Å². The number of hydrogen-bond donors (Lipinski definition) is 3. The number of nitrogen functional groups attached to an aromatic ring is 1. The number of nitrogens with two attached hydrogens (primary N) is 1. The minimum atomic E-state index is -0.238. The van der Waals surface area contributed by atoms with Crippen LogP contribution in [0.3, 0.4) is 0 Å². The van der Waals surface area contributed by atoms with Gasteiger partial charge in [-0.3, -0.25) is 0 Å². The highest BCUT2D eigenvalue weighted by atomic mass is 19.1. The van der Waals surface area contributed by atoms with Crippen molar-refractivity contribution in [2.75, 3.05) is 24.4 Å². The van der Waals surface area contributed by atoms with E-state index in [1.807, 2.05) is 0 Å². The van der Waals surface area contributed by atoms with Crippen molar-refractivity contribution in [3.05, 3.63) is 42.0 Å². The highest BCUT2D eigenvalue weighted by Gasteiger charge is 2.10. The number of ether oxygens (including phenoxy) is 1. The van der Waals surface area contributed by atoms with Gasteiger partial charge in [0.2, 0.25) is 5.75 Å². The Bertz CT molecular complexity index is 561. The molecule has 0 saturated heterocycles. The summed E-state index contributed by atoms with van der Waals surface area (Å²) in [5.74, 6) is 6.52. The molecule has 0 spiro atoms. The van der Waals surface area contributed by atoms with E-state index in [-0.39, 0.29) is 5.82 Å². The molecule has 1 aromatic heterocycles. The third-order valence-corrected chi connectivity index (χ3v) is 2.76. The molecule has 7 heteroatoms. The number of halogens is 1. The predicted molar refractivity (Wildman–Crippen MR) is 75.0 cm³/mol. The summed E-state index contributed by atoms with van der Waals surface area (Å²) >= 11 is 0. The molecule has 1 heterocycles. The maximum Gasteiger partial charge on any atom is 0.205 e. The minimum absolute atomic E-state index is 0.238. The lowest BCUT2D eigenvalue weighted by Crippen LogP contribution is -2.13. The molecule has 6 nitrogen and oxygen atoms in total. The van der Waals surface area contributed by atoms with Crippen LogP contribution < -0.4 is 21.3 Å². The van der Waals surface area contributed by atoms with Crippen molar-refractivity contribution >= 4 is 11.6 Å². The Balaban J connectivity index is 1.98. The first-order chi connectivity index (χ1) is 9.74. The van der Waals surface area contributed by atoms with Crippen LogP contribution in [0.25, 0.3) is 0 Å². The van der Waals surface area contributed by atoms with Gasteiger partial charge in [-0.2, -0.15) is 0 Å². The Hall–Kier alpha value is -2.41. The third-order valence-electron chi connectivity index (χ3n) is 2.76. The zero-order valence-corrected chi connectivity index (χ0v) is 11.1. The van der Waals surface area contributed by atoms with Gasteiger partial charge in [-0.1, -0.05) is 12.1 Å². The Morgan fingerprint density at radius 2 is 1.90 bits per heavy atom. The number of hydrazine groups is 1. The van der Waals surface area contributed by atoms with Gasteiger partial charge >= 0.3 is 0 Å². The maximum atomic E-state index is 12.8. The molecular weight excluding hydrogens is 261 g/mol. The van der Waals surface area contributed by atoms with Gasteiger partial charge in [0.1, 0.15) is 12.1 Å². The summed E-state index contributed by atoms with van der Waals surface area (Å²) in [4.78, 5) is 8.05. The van der Waals surface area contributed by atoms with E-state index in [0.29, 0.717) is 23.9 Å². The van der Waals surface area contributed by atoms with Gasteiger partial charge in [0.25, 0.3) is 0 Å². The SMILES string of the molecule is COc1c(NN)ncnc1NCCc1ccc(F)cc1. The summed E-state index contributed by atoms with van der Waals surface area (Å²) in [6, 6.07) is 6.39. The Labute approximate surface area is 116 Å². The largest absolute Gasteiger partial charge is 0.490 e. The molecule has 0 amide bonds. The van der Waals surface area contributed by atoms with Crippen LogP contribution in [0.1, 0.15) is 5.56 Å². The number of nitrogens with zero attached hydrogens (tertiary/aromatic N) is 2. The third kappa shape index (κ3) is 3.33. The normalized spacial score (nSPS) is 10.2. The molecule has 0 atom stereocenters. The zero-order valence-electron chi connectivity index (χ0n) is 11.1. The number of benzene rings is 1. The fourth-order valence-electron chi connectivity index (χ4n) is 1.77. The highest BCUT2D eigenvalue weighted by molar-refractivity contribution is 5.62. The molecule has 0 aliphatic rings. The molecule has 4 N–H and O–H groups in total. The van der Waals surface area contributed by atoms with Gasteiger partial charge in [0, 0.05) is 6.54 Å². The zero-order chi connectivity index (χ0) is 14.4. The summed E-state index contributed by atoms with van der Waals surface area (Å²) in [5, 5.41) is 3.14. The standard InChI is InChI=1S/C13H16FN5O/c1-20-11-12(17-8-18-13(11)19-15)16-7-6-9-2-4-10(14)5-3-9/h2-5,8H,6-7,15H2,1H3,(H2,16,17,18,19). The summed E-state index contributed by atoms with van der Waals surface area (Å²) < 4.78 is 18.0. The minimum Gasteiger partial charge on any atom is -0.490 e. The predicted octanol–water partition coefficient (Wildman–Crippen LogP) is 1.56. The van der Waals surface area contributed by atoms with E-state index in [9.17, 15) is 4.39 Å². The van der Waals surface area contributed by atoms with Crippen LogP contribution in [0.5, 0.6) is 5.75 Å². The van der Waals surface area contributed by atoms with Gasteiger partial charge in [-0.05, 0) is 24.1 Å². The summed E-state index contributed by atoms with van der Waals surface area (Å²) in [6.07, 6.45) is 2.12. The van der Waals surface area contributed by atoms with Crippen molar-refractivity contribution in [2.45, 2.75) is 6.42 Å². The fourth-order valence-corrected chi connectivity index (χ4v) is 1.77. The summed E-state index contributed by atoms with van der Waals surface area (Å²) in [6.45, 7) is 0.628. The van der Waals surface area contributed by atoms with Crippen LogP contribution in [0.2, 0.25) is 0 Å². The average Bonchev–Trinajstić information content (AvgIpc) is 2.49. The van der Waals surface area contributed by atoms with Crippen molar-refractivity contribution in [2.24, 2.45) is 5.84 Å². The molecule has 2 aromatic rings. The highest BCUT2D eigenvalue weighted by Crippen LogP contribution is 2.27. The molecule has 0 aliphatic heterocycles. The van der Waals surface area contributed by atoms with Crippen LogP contribution in [-0.4, -0.2) is 23.6 Å². The van der Waals surface area contributed by atoms with Crippen LogP contribution in [0, 0.1) is 5.82 Å². The van der Waals surface area contributed by atoms with Crippen molar-refractivity contribution in [1.29, 1.82) is 0 Å². The van der Waals surface area contributed by atoms with E-state index in [2.05, 4.69) is 20.7 Å². The van der Waals surface area contributed by atoms with Gasteiger partial charge in [-0.15, -0.1) is 0 Å². The summed E-state index contributed by atoms with van der Waals surface area (Å²) in [5.41, 5.74) is 3.48. The van der Waals surface area contributed by atoms with Crippen LogP contribution >= 0.6 is 0 Å². The molecule has 2 rings (SSSR count). The van der Waals surface area contributed by atoms with Gasteiger partial charge < -0.3 is 15.5 Å². The Morgan fingerprint density at radius 1 is 1.20 bits per heavy atom. The van der Waals surface area contributed by atoms with Crippen LogP contribution in [-0.2, 0) is 6.42 Å². The molecule has 106 valence electrons. The van der Waals surface area contributed by atoms with Gasteiger partial charge in [-0.25, -0.2) is 20.2 Å². The quantitative estimate of drug-likeness (QED) is 0.549. The van der Waals surface area contributed by atoms with E-state index >= 15 is 0 Å². The molecule has 0 aliphatic carbocycles. The number of methoxy groups -OCH3 is 1. The second-order valence-electron chi connectivity index (χ2n) is 4.05. The van der Waals surface area contributed by atoms with E-state index in [0.717, 1.165) is 12.0 Å². The van der Waals surface area contributed by atoms with Crippen molar-refractivity contribution in [3.63, 3.8) is 0 Å². The number of aromatic nitrogens is 2. The molecule has 0 radical (unpaired) electrons. The first kappa shape index (κ1) is 14.0. The van der Waals surface area contributed by atoms with Crippen molar-refractivity contribution < 1.29 is 9.13 Å². The molecule has 0 saturated carbocycles. The first-order valence-corrected chi connectivity index (χ1v) is 6.08.